The highest BCUT2D eigenvalue weighted by atomic mass is 16.3. The zero-order chi connectivity index (χ0) is 12.8. The fraction of sp³-hybridized carbons (Fsp3) is 0.375. The van der Waals surface area contributed by atoms with Crippen LogP contribution in [0, 0.1) is 0 Å². The van der Waals surface area contributed by atoms with Crippen molar-refractivity contribution in [2.45, 2.75) is 39.7 Å². The Morgan fingerprint density at radius 2 is 1.78 bits per heavy atom. The van der Waals surface area contributed by atoms with Crippen molar-refractivity contribution in [2.24, 2.45) is 0 Å². The van der Waals surface area contributed by atoms with Gasteiger partial charge in [0.2, 0.25) is 0 Å². The van der Waals surface area contributed by atoms with E-state index in [1.54, 1.807) is 0 Å². The Kier molecular flexibility index (Phi) is 4.46. The molecule has 0 amide bonds. The van der Waals surface area contributed by atoms with Crippen LogP contribution >= 0.6 is 0 Å². The number of anilines is 1. The summed E-state index contributed by atoms with van der Waals surface area (Å²) < 4.78 is 5.69. The van der Waals surface area contributed by atoms with Crippen LogP contribution in [0.5, 0.6) is 0 Å². The van der Waals surface area contributed by atoms with Crippen molar-refractivity contribution in [1.82, 2.24) is 0 Å². The topological polar surface area (TPSA) is 25.2 Å². The van der Waals surface area contributed by atoms with Crippen LogP contribution in [0.15, 0.2) is 40.8 Å². The minimum absolute atomic E-state index is 0.751. The number of furan rings is 1. The zero-order valence-electron chi connectivity index (χ0n) is 11.2. The number of benzene rings is 1. The van der Waals surface area contributed by atoms with Crippen LogP contribution in [0.2, 0.25) is 0 Å². The fourth-order valence-corrected chi connectivity index (χ4v) is 2.07. The number of aryl methyl sites for hydroxylation is 2. The molecule has 0 unspecified atom stereocenters. The third-order valence-corrected chi connectivity index (χ3v) is 3.06. The molecular formula is C16H21NO. The second-order valence-electron chi connectivity index (χ2n) is 4.48. The SMILES string of the molecule is CCCc1ccccc1NCc1ccc(CC)o1. The molecule has 1 aromatic heterocycles. The highest BCUT2D eigenvalue weighted by molar-refractivity contribution is 5.51. The number of hydrogen-bond donors (Lipinski definition) is 1. The van der Waals surface area contributed by atoms with Gasteiger partial charge in [-0.05, 0) is 30.2 Å². The summed E-state index contributed by atoms with van der Waals surface area (Å²) in [7, 11) is 0. The van der Waals surface area contributed by atoms with E-state index < -0.39 is 0 Å². The van der Waals surface area contributed by atoms with Gasteiger partial charge in [-0.15, -0.1) is 0 Å². The maximum Gasteiger partial charge on any atom is 0.123 e. The molecular weight excluding hydrogens is 222 g/mol. The minimum atomic E-state index is 0.751. The first-order chi connectivity index (χ1) is 8.83. The van der Waals surface area contributed by atoms with Crippen molar-refractivity contribution in [2.75, 3.05) is 5.32 Å². The monoisotopic (exact) mass is 243 g/mol. The first-order valence-electron chi connectivity index (χ1n) is 6.72. The smallest absolute Gasteiger partial charge is 0.123 e. The average molecular weight is 243 g/mol. The van der Waals surface area contributed by atoms with Crippen LogP contribution in [0.1, 0.15) is 37.4 Å². The summed E-state index contributed by atoms with van der Waals surface area (Å²) in [5, 5.41) is 3.46. The standard InChI is InChI=1S/C16H21NO/c1-3-7-13-8-5-6-9-16(13)17-12-15-11-10-14(4-2)18-15/h5-6,8-11,17H,3-4,7,12H2,1-2H3. The molecule has 96 valence electrons. The van der Waals surface area contributed by atoms with Crippen molar-refractivity contribution >= 4 is 5.69 Å². The van der Waals surface area contributed by atoms with Gasteiger partial charge in [0, 0.05) is 12.1 Å². The Hall–Kier alpha value is -1.70. The maximum absolute atomic E-state index is 5.69. The Bertz CT molecular complexity index is 487. The first-order valence-corrected chi connectivity index (χ1v) is 6.72. The third-order valence-electron chi connectivity index (χ3n) is 3.06. The van der Waals surface area contributed by atoms with Crippen molar-refractivity contribution in [3.63, 3.8) is 0 Å². The number of para-hydroxylation sites is 1. The molecule has 0 saturated carbocycles. The highest BCUT2D eigenvalue weighted by Gasteiger charge is 2.03. The summed E-state index contributed by atoms with van der Waals surface area (Å²) in [6, 6.07) is 12.6. The van der Waals surface area contributed by atoms with E-state index in [1.165, 1.54) is 17.7 Å². The van der Waals surface area contributed by atoms with Gasteiger partial charge in [0.05, 0.1) is 6.54 Å². The minimum Gasteiger partial charge on any atom is -0.464 e. The Labute approximate surface area is 109 Å². The zero-order valence-corrected chi connectivity index (χ0v) is 11.2. The summed E-state index contributed by atoms with van der Waals surface area (Å²) >= 11 is 0. The summed E-state index contributed by atoms with van der Waals surface area (Å²) in [6.45, 7) is 5.06. The fourth-order valence-electron chi connectivity index (χ4n) is 2.07. The van der Waals surface area contributed by atoms with Crippen LogP contribution in [-0.2, 0) is 19.4 Å². The average Bonchev–Trinajstić information content (AvgIpc) is 2.86. The predicted octanol–water partition coefficient (Wildman–Crippen LogP) is 4.41. The molecule has 2 heteroatoms. The molecule has 0 bridgehead atoms. The van der Waals surface area contributed by atoms with Crippen molar-refractivity contribution < 1.29 is 4.42 Å². The number of nitrogens with one attached hydrogen (secondary N) is 1. The van der Waals surface area contributed by atoms with Gasteiger partial charge in [0.1, 0.15) is 11.5 Å². The van der Waals surface area contributed by atoms with Crippen LogP contribution < -0.4 is 5.32 Å². The molecule has 2 nitrogen and oxygen atoms in total. The molecule has 1 heterocycles. The van der Waals surface area contributed by atoms with E-state index in [2.05, 4.69) is 49.5 Å². The molecule has 0 fully saturated rings. The largest absolute Gasteiger partial charge is 0.464 e. The highest BCUT2D eigenvalue weighted by Crippen LogP contribution is 2.18. The van der Waals surface area contributed by atoms with E-state index in [0.29, 0.717) is 0 Å². The van der Waals surface area contributed by atoms with Crippen LogP contribution in [-0.4, -0.2) is 0 Å². The Morgan fingerprint density at radius 3 is 2.50 bits per heavy atom. The maximum atomic E-state index is 5.69. The van der Waals surface area contributed by atoms with Gasteiger partial charge in [0.15, 0.2) is 0 Å². The molecule has 0 saturated heterocycles. The molecule has 2 aromatic rings. The van der Waals surface area contributed by atoms with Gasteiger partial charge >= 0.3 is 0 Å². The lowest BCUT2D eigenvalue weighted by Crippen LogP contribution is -2.01. The van der Waals surface area contributed by atoms with Gasteiger partial charge in [-0.2, -0.15) is 0 Å². The molecule has 0 aliphatic rings. The predicted molar refractivity (Wildman–Crippen MR) is 75.8 cm³/mol. The Morgan fingerprint density at radius 1 is 1.00 bits per heavy atom. The number of rotatable bonds is 6. The summed E-state index contributed by atoms with van der Waals surface area (Å²) in [5.74, 6) is 2.05. The molecule has 1 aromatic carbocycles. The van der Waals surface area contributed by atoms with Crippen molar-refractivity contribution in [1.29, 1.82) is 0 Å². The van der Waals surface area contributed by atoms with Crippen LogP contribution in [0.3, 0.4) is 0 Å². The van der Waals surface area contributed by atoms with E-state index in [0.717, 1.165) is 30.9 Å². The van der Waals surface area contributed by atoms with Crippen LogP contribution in [0.4, 0.5) is 5.69 Å². The van der Waals surface area contributed by atoms with Gasteiger partial charge in [-0.3, -0.25) is 0 Å². The van der Waals surface area contributed by atoms with E-state index in [1.807, 2.05) is 6.07 Å². The summed E-state index contributed by atoms with van der Waals surface area (Å²) in [6.07, 6.45) is 3.23. The second kappa shape index (κ2) is 6.29. The lowest BCUT2D eigenvalue weighted by molar-refractivity contribution is 0.476. The second-order valence-corrected chi connectivity index (χ2v) is 4.48. The molecule has 18 heavy (non-hydrogen) atoms. The van der Waals surface area contributed by atoms with Crippen molar-refractivity contribution in [3.8, 4) is 0 Å². The number of hydrogen-bond acceptors (Lipinski definition) is 2. The van der Waals surface area contributed by atoms with E-state index in [4.69, 9.17) is 4.42 Å². The molecule has 0 aliphatic carbocycles. The van der Waals surface area contributed by atoms with Gasteiger partial charge in [-0.1, -0.05) is 38.5 Å². The van der Waals surface area contributed by atoms with Crippen molar-refractivity contribution in [3.05, 3.63) is 53.5 Å². The van der Waals surface area contributed by atoms with Gasteiger partial charge < -0.3 is 9.73 Å². The quantitative estimate of drug-likeness (QED) is 0.813. The first kappa shape index (κ1) is 12.7. The third kappa shape index (κ3) is 3.16. The molecule has 2 rings (SSSR count). The van der Waals surface area contributed by atoms with E-state index in [-0.39, 0.29) is 0 Å². The molecule has 0 atom stereocenters. The molecule has 0 aliphatic heterocycles. The molecule has 0 radical (unpaired) electrons. The Balaban J connectivity index is 2.01. The van der Waals surface area contributed by atoms with Crippen LogP contribution in [0.25, 0.3) is 0 Å². The lowest BCUT2D eigenvalue weighted by Gasteiger charge is -2.10. The summed E-state index contributed by atoms with van der Waals surface area (Å²) in [4.78, 5) is 0. The van der Waals surface area contributed by atoms with Gasteiger partial charge in [-0.25, -0.2) is 0 Å². The van der Waals surface area contributed by atoms with E-state index in [9.17, 15) is 0 Å². The normalized spacial score (nSPS) is 10.6. The molecule has 0 spiro atoms. The summed E-state index contributed by atoms with van der Waals surface area (Å²) in [5.41, 5.74) is 2.59. The lowest BCUT2D eigenvalue weighted by atomic mass is 10.1. The molecule has 1 N–H and O–H groups in total. The van der Waals surface area contributed by atoms with Gasteiger partial charge in [0.25, 0.3) is 0 Å². The van der Waals surface area contributed by atoms with E-state index >= 15 is 0 Å².